The first kappa shape index (κ1) is 19.8. The summed E-state index contributed by atoms with van der Waals surface area (Å²) in [4.78, 5) is 25.2. The minimum absolute atomic E-state index is 0.0191. The molecular formula is C19H18ClN3O5S. The van der Waals surface area contributed by atoms with Crippen molar-refractivity contribution in [3.8, 4) is 0 Å². The Bertz CT molecular complexity index is 1110. The van der Waals surface area contributed by atoms with Gasteiger partial charge in [0.2, 0.25) is 10.0 Å². The highest BCUT2D eigenvalue weighted by Crippen LogP contribution is 2.34. The third-order valence-electron chi connectivity index (χ3n) is 5.29. The molecule has 1 saturated heterocycles. The van der Waals surface area contributed by atoms with Crippen LogP contribution in [0.5, 0.6) is 0 Å². The molecule has 0 radical (unpaired) electrons. The quantitative estimate of drug-likeness (QED) is 0.542. The normalized spacial score (nSPS) is 16.8. The summed E-state index contributed by atoms with van der Waals surface area (Å²) in [5, 5.41) is 11.2. The molecule has 0 atom stereocenters. The first-order chi connectivity index (χ1) is 13.8. The van der Waals surface area contributed by atoms with Crippen LogP contribution in [0.25, 0.3) is 0 Å². The summed E-state index contributed by atoms with van der Waals surface area (Å²) in [6.07, 6.45) is 2.17. The Labute approximate surface area is 172 Å². The molecule has 2 aliphatic heterocycles. The number of nitro benzene ring substituents is 1. The number of amides is 1. The van der Waals surface area contributed by atoms with Crippen LogP contribution in [0, 0.1) is 10.1 Å². The van der Waals surface area contributed by atoms with Gasteiger partial charge in [-0.1, -0.05) is 17.7 Å². The number of hydrogen-bond donors (Lipinski definition) is 0. The van der Waals surface area contributed by atoms with Crippen molar-refractivity contribution in [2.45, 2.75) is 24.2 Å². The summed E-state index contributed by atoms with van der Waals surface area (Å²) in [6, 6.07) is 8.50. The standard InChI is InChI=1S/C19H18ClN3O5S/c20-17-6-5-15(29(27,28)21-8-1-2-9-21)12-16(17)19(24)22-10-7-13-3-4-14(23(25)26)11-18(13)22/h3-6,11-12H,1-2,7-10H2. The highest BCUT2D eigenvalue weighted by molar-refractivity contribution is 7.89. The van der Waals surface area contributed by atoms with Crippen molar-refractivity contribution < 1.29 is 18.1 Å². The van der Waals surface area contributed by atoms with Gasteiger partial charge in [-0.05, 0) is 43.0 Å². The van der Waals surface area contributed by atoms with E-state index in [2.05, 4.69) is 0 Å². The number of anilines is 1. The van der Waals surface area contributed by atoms with E-state index in [9.17, 15) is 23.3 Å². The first-order valence-electron chi connectivity index (χ1n) is 9.18. The van der Waals surface area contributed by atoms with Gasteiger partial charge in [-0.15, -0.1) is 0 Å². The van der Waals surface area contributed by atoms with Crippen LogP contribution in [-0.4, -0.2) is 43.2 Å². The second-order valence-electron chi connectivity index (χ2n) is 7.03. The number of nitrogens with zero attached hydrogens (tertiary/aromatic N) is 3. The molecule has 2 aromatic carbocycles. The highest BCUT2D eigenvalue weighted by Gasteiger charge is 2.31. The number of sulfonamides is 1. The fraction of sp³-hybridized carbons (Fsp3) is 0.316. The summed E-state index contributed by atoms with van der Waals surface area (Å²) in [5.41, 5.74) is 1.22. The molecule has 4 rings (SSSR count). The third kappa shape index (κ3) is 3.50. The molecule has 1 amide bonds. The molecule has 0 saturated carbocycles. The van der Waals surface area contributed by atoms with Gasteiger partial charge in [0.25, 0.3) is 11.6 Å². The highest BCUT2D eigenvalue weighted by atomic mass is 35.5. The fourth-order valence-electron chi connectivity index (χ4n) is 3.74. The van der Waals surface area contributed by atoms with Gasteiger partial charge >= 0.3 is 0 Å². The molecule has 0 N–H and O–H groups in total. The Morgan fingerprint density at radius 3 is 2.48 bits per heavy atom. The Morgan fingerprint density at radius 1 is 1.07 bits per heavy atom. The average molecular weight is 436 g/mol. The first-order valence-corrected chi connectivity index (χ1v) is 11.0. The molecular weight excluding hydrogens is 418 g/mol. The minimum atomic E-state index is -3.70. The van der Waals surface area contributed by atoms with Gasteiger partial charge in [0.1, 0.15) is 0 Å². The number of nitro groups is 1. The number of halogens is 1. The van der Waals surface area contributed by atoms with Gasteiger partial charge < -0.3 is 4.90 Å². The van der Waals surface area contributed by atoms with Crippen LogP contribution >= 0.6 is 11.6 Å². The van der Waals surface area contributed by atoms with Gasteiger partial charge in [-0.3, -0.25) is 14.9 Å². The maximum atomic E-state index is 13.2. The number of fused-ring (bicyclic) bond motifs is 1. The maximum absolute atomic E-state index is 13.2. The monoisotopic (exact) mass is 435 g/mol. The van der Waals surface area contributed by atoms with Crippen molar-refractivity contribution in [1.29, 1.82) is 0 Å². The van der Waals surface area contributed by atoms with E-state index in [1.807, 2.05) is 0 Å². The van der Waals surface area contributed by atoms with Crippen molar-refractivity contribution >= 4 is 38.9 Å². The molecule has 0 bridgehead atoms. The number of carbonyl (C=O) groups is 1. The van der Waals surface area contributed by atoms with Crippen molar-refractivity contribution in [1.82, 2.24) is 4.31 Å². The van der Waals surface area contributed by atoms with E-state index in [4.69, 9.17) is 11.6 Å². The number of carbonyl (C=O) groups excluding carboxylic acids is 1. The van der Waals surface area contributed by atoms with Crippen LogP contribution in [0.2, 0.25) is 5.02 Å². The Morgan fingerprint density at radius 2 is 1.79 bits per heavy atom. The van der Waals surface area contributed by atoms with Crippen molar-refractivity contribution in [3.05, 3.63) is 62.7 Å². The van der Waals surface area contributed by atoms with Crippen molar-refractivity contribution in [2.24, 2.45) is 0 Å². The van der Waals surface area contributed by atoms with E-state index in [0.717, 1.165) is 18.4 Å². The molecule has 2 aromatic rings. The zero-order valence-electron chi connectivity index (χ0n) is 15.4. The predicted octanol–water partition coefficient (Wildman–Crippen LogP) is 3.24. The smallest absolute Gasteiger partial charge is 0.271 e. The lowest BCUT2D eigenvalue weighted by Crippen LogP contribution is -2.30. The van der Waals surface area contributed by atoms with Crippen LogP contribution < -0.4 is 4.90 Å². The number of benzene rings is 2. The molecule has 0 unspecified atom stereocenters. The van der Waals surface area contributed by atoms with Crippen LogP contribution in [-0.2, 0) is 16.4 Å². The molecule has 2 aliphatic rings. The summed E-state index contributed by atoms with van der Waals surface area (Å²) in [7, 11) is -3.70. The summed E-state index contributed by atoms with van der Waals surface area (Å²) < 4.78 is 27.1. The van der Waals surface area contributed by atoms with Crippen LogP contribution in [0.15, 0.2) is 41.3 Å². The van der Waals surface area contributed by atoms with Gasteiger partial charge in [-0.2, -0.15) is 4.31 Å². The van der Waals surface area contributed by atoms with Gasteiger partial charge in [-0.25, -0.2) is 8.42 Å². The van der Waals surface area contributed by atoms with E-state index in [-0.39, 0.29) is 21.2 Å². The van der Waals surface area contributed by atoms with Gasteiger partial charge in [0.05, 0.1) is 26.1 Å². The molecule has 152 valence electrons. The van der Waals surface area contributed by atoms with E-state index < -0.39 is 20.9 Å². The molecule has 29 heavy (non-hydrogen) atoms. The SMILES string of the molecule is O=C(c1cc(S(=O)(=O)N2CCCC2)ccc1Cl)N1CCc2ccc([N+](=O)[O-])cc21. The third-order valence-corrected chi connectivity index (χ3v) is 7.52. The lowest BCUT2D eigenvalue weighted by atomic mass is 10.1. The molecule has 0 aliphatic carbocycles. The largest absolute Gasteiger partial charge is 0.307 e. The lowest BCUT2D eigenvalue weighted by molar-refractivity contribution is -0.384. The van der Waals surface area contributed by atoms with Crippen LogP contribution in [0.1, 0.15) is 28.8 Å². The fourth-order valence-corrected chi connectivity index (χ4v) is 5.49. The topological polar surface area (TPSA) is 101 Å². The van der Waals surface area contributed by atoms with Crippen molar-refractivity contribution in [2.75, 3.05) is 24.5 Å². The lowest BCUT2D eigenvalue weighted by Gasteiger charge is -2.20. The molecule has 10 heteroatoms. The zero-order valence-corrected chi connectivity index (χ0v) is 16.9. The molecule has 0 aromatic heterocycles. The second kappa shape index (κ2) is 7.40. The second-order valence-corrected chi connectivity index (χ2v) is 9.37. The van der Waals surface area contributed by atoms with Crippen molar-refractivity contribution in [3.63, 3.8) is 0 Å². The zero-order chi connectivity index (χ0) is 20.8. The molecule has 0 spiro atoms. The minimum Gasteiger partial charge on any atom is -0.307 e. The van der Waals surface area contributed by atoms with E-state index >= 15 is 0 Å². The number of rotatable bonds is 4. The van der Waals surface area contributed by atoms with E-state index in [1.165, 1.54) is 39.5 Å². The summed E-state index contributed by atoms with van der Waals surface area (Å²) in [6.45, 7) is 1.25. The molecule has 2 heterocycles. The molecule has 8 nitrogen and oxygen atoms in total. The summed E-state index contributed by atoms with van der Waals surface area (Å²) >= 11 is 6.22. The van der Waals surface area contributed by atoms with Crippen LogP contribution in [0.4, 0.5) is 11.4 Å². The maximum Gasteiger partial charge on any atom is 0.271 e. The summed E-state index contributed by atoms with van der Waals surface area (Å²) in [5.74, 6) is -0.479. The Hall–Kier alpha value is -2.49. The number of non-ortho nitro benzene ring substituents is 1. The van der Waals surface area contributed by atoms with Gasteiger partial charge in [0.15, 0.2) is 0 Å². The Kier molecular flexibility index (Phi) is 5.05. The Balaban J connectivity index is 1.71. The molecule has 1 fully saturated rings. The van der Waals surface area contributed by atoms with E-state index in [1.54, 1.807) is 6.07 Å². The van der Waals surface area contributed by atoms with Crippen LogP contribution in [0.3, 0.4) is 0 Å². The average Bonchev–Trinajstić information content (AvgIpc) is 3.37. The predicted molar refractivity (Wildman–Crippen MR) is 108 cm³/mol. The van der Waals surface area contributed by atoms with E-state index in [0.29, 0.717) is 31.7 Å². The van der Waals surface area contributed by atoms with Gasteiger partial charge in [0, 0.05) is 31.8 Å². The number of hydrogen-bond acceptors (Lipinski definition) is 5.